The molecule has 1 rings (SSSR count). The Hall–Kier alpha value is -0.0900. The van der Waals surface area contributed by atoms with Crippen molar-refractivity contribution in [3.8, 4) is 0 Å². The number of hydrogen-bond donors (Lipinski definition) is 1. The highest BCUT2D eigenvalue weighted by Crippen LogP contribution is 2.19. The third kappa shape index (κ3) is 4.51. The van der Waals surface area contributed by atoms with E-state index in [1.807, 2.05) is 13.8 Å². The van der Waals surface area contributed by atoms with Crippen LogP contribution in [0.25, 0.3) is 0 Å². The highest BCUT2D eigenvalue weighted by molar-refractivity contribution is 9.09. The number of carbonyl (C=O) groups is 1. The predicted octanol–water partition coefficient (Wildman–Crippen LogP) is 2.23. The zero-order chi connectivity index (χ0) is 11.3. The van der Waals surface area contributed by atoms with E-state index in [0.717, 1.165) is 31.0 Å². The Morgan fingerprint density at radius 3 is 2.87 bits per heavy atom. The molecule has 1 aliphatic rings. The Bertz CT molecular complexity index is 211. The van der Waals surface area contributed by atoms with Gasteiger partial charge in [-0.05, 0) is 39.5 Å². The van der Waals surface area contributed by atoms with Gasteiger partial charge in [0, 0.05) is 11.4 Å². The van der Waals surface area contributed by atoms with E-state index in [4.69, 9.17) is 4.74 Å². The molecule has 0 bridgehead atoms. The molecule has 3 nitrogen and oxygen atoms in total. The molecule has 1 N–H and O–H groups in total. The molecule has 0 aromatic rings. The molecule has 0 aliphatic carbocycles. The van der Waals surface area contributed by atoms with E-state index < -0.39 is 0 Å². The summed E-state index contributed by atoms with van der Waals surface area (Å²) in [6.45, 7) is 4.06. The van der Waals surface area contributed by atoms with Gasteiger partial charge in [-0.3, -0.25) is 4.79 Å². The van der Waals surface area contributed by atoms with Crippen LogP contribution in [0.3, 0.4) is 0 Å². The van der Waals surface area contributed by atoms with Crippen molar-refractivity contribution >= 4 is 21.8 Å². The molecule has 0 radical (unpaired) electrons. The van der Waals surface area contributed by atoms with E-state index in [0.29, 0.717) is 0 Å². The first kappa shape index (κ1) is 13.0. The lowest BCUT2D eigenvalue weighted by molar-refractivity contribution is -0.132. The molecule has 0 spiro atoms. The number of carbonyl (C=O) groups excluding carboxylic acids is 1. The van der Waals surface area contributed by atoms with E-state index in [9.17, 15) is 4.79 Å². The lowest BCUT2D eigenvalue weighted by Crippen LogP contribution is -2.40. The van der Waals surface area contributed by atoms with E-state index >= 15 is 0 Å². The van der Waals surface area contributed by atoms with Crippen molar-refractivity contribution in [3.05, 3.63) is 0 Å². The van der Waals surface area contributed by atoms with Crippen molar-refractivity contribution in [2.75, 3.05) is 5.33 Å². The molecule has 3 unspecified atom stereocenters. The third-order valence-electron chi connectivity index (χ3n) is 2.68. The molecule has 4 heteroatoms. The normalized spacial score (nSPS) is 27.7. The fourth-order valence-electron chi connectivity index (χ4n) is 1.79. The second-order valence-corrected chi connectivity index (χ2v) is 5.05. The maximum atomic E-state index is 11.7. The number of alkyl halides is 1. The van der Waals surface area contributed by atoms with Gasteiger partial charge in [-0.2, -0.15) is 0 Å². The molecule has 0 aromatic carbocycles. The second-order valence-electron chi connectivity index (χ2n) is 4.25. The SMILES string of the molecule is CC(CCCBr)NC(=O)C1CCC(C)O1. The van der Waals surface area contributed by atoms with E-state index in [-0.39, 0.29) is 24.2 Å². The maximum Gasteiger partial charge on any atom is 0.249 e. The van der Waals surface area contributed by atoms with Gasteiger partial charge in [0.15, 0.2) is 0 Å². The van der Waals surface area contributed by atoms with Gasteiger partial charge < -0.3 is 10.1 Å². The summed E-state index contributed by atoms with van der Waals surface area (Å²) in [6.07, 6.45) is 3.97. The predicted molar refractivity (Wildman–Crippen MR) is 64.2 cm³/mol. The Balaban J connectivity index is 2.23. The Morgan fingerprint density at radius 1 is 1.60 bits per heavy atom. The monoisotopic (exact) mass is 277 g/mol. The lowest BCUT2D eigenvalue weighted by atomic mass is 10.1. The molecular formula is C11H20BrNO2. The van der Waals surface area contributed by atoms with Crippen molar-refractivity contribution in [3.63, 3.8) is 0 Å². The van der Waals surface area contributed by atoms with Crippen LogP contribution in [0.5, 0.6) is 0 Å². The fourth-order valence-corrected chi connectivity index (χ4v) is 2.11. The van der Waals surface area contributed by atoms with Crippen LogP contribution in [0.1, 0.15) is 39.5 Å². The van der Waals surface area contributed by atoms with Crippen LogP contribution >= 0.6 is 15.9 Å². The summed E-state index contributed by atoms with van der Waals surface area (Å²) in [4.78, 5) is 11.7. The van der Waals surface area contributed by atoms with Crippen LogP contribution in [0.2, 0.25) is 0 Å². The second kappa shape index (κ2) is 6.48. The van der Waals surface area contributed by atoms with Crippen LogP contribution in [0.4, 0.5) is 0 Å². The van der Waals surface area contributed by atoms with E-state index in [1.165, 1.54) is 0 Å². The van der Waals surface area contributed by atoms with E-state index in [1.54, 1.807) is 0 Å². The molecule has 0 saturated carbocycles. The summed E-state index contributed by atoms with van der Waals surface area (Å²) < 4.78 is 5.51. The Kier molecular flexibility index (Phi) is 5.61. The zero-order valence-electron chi connectivity index (χ0n) is 9.46. The van der Waals surface area contributed by atoms with Gasteiger partial charge in [-0.1, -0.05) is 15.9 Å². The van der Waals surface area contributed by atoms with Gasteiger partial charge in [0.25, 0.3) is 0 Å². The molecular weight excluding hydrogens is 258 g/mol. The summed E-state index contributed by atoms with van der Waals surface area (Å²) in [5, 5.41) is 3.98. The Morgan fingerprint density at radius 2 is 2.33 bits per heavy atom. The minimum absolute atomic E-state index is 0.0569. The fraction of sp³-hybridized carbons (Fsp3) is 0.909. The highest BCUT2D eigenvalue weighted by atomic mass is 79.9. The highest BCUT2D eigenvalue weighted by Gasteiger charge is 2.28. The Labute approximate surface area is 100 Å². The molecule has 1 fully saturated rings. The largest absolute Gasteiger partial charge is 0.365 e. The molecule has 1 amide bonds. The lowest BCUT2D eigenvalue weighted by Gasteiger charge is -2.16. The van der Waals surface area contributed by atoms with Gasteiger partial charge in [-0.15, -0.1) is 0 Å². The zero-order valence-corrected chi connectivity index (χ0v) is 11.0. The summed E-state index contributed by atoms with van der Waals surface area (Å²) in [5.74, 6) is 0.0569. The number of nitrogens with one attached hydrogen (secondary N) is 1. The quantitative estimate of drug-likeness (QED) is 0.783. The van der Waals surface area contributed by atoms with Gasteiger partial charge in [0.1, 0.15) is 6.10 Å². The third-order valence-corrected chi connectivity index (χ3v) is 3.24. The first-order chi connectivity index (χ1) is 7.13. The topological polar surface area (TPSA) is 38.3 Å². The first-order valence-corrected chi connectivity index (χ1v) is 6.77. The van der Waals surface area contributed by atoms with Gasteiger partial charge in [0.2, 0.25) is 5.91 Å². The van der Waals surface area contributed by atoms with Crippen molar-refractivity contribution < 1.29 is 9.53 Å². The number of rotatable bonds is 5. The van der Waals surface area contributed by atoms with Crippen LogP contribution in [0, 0.1) is 0 Å². The minimum Gasteiger partial charge on any atom is -0.365 e. The maximum absolute atomic E-state index is 11.7. The summed E-state index contributed by atoms with van der Waals surface area (Å²) in [7, 11) is 0. The molecule has 1 aliphatic heterocycles. The molecule has 1 saturated heterocycles. The van der Waals surface area contributed by atoms with Crippen LogP contribution in [0.15, 0.2) is 0 Å². The molecule has 88 valence electrons. The molecule has 15 heavy (non-hydrogen) atoms. The first-order valence-electron chi connectivity index (χ1n) is 5.65. The van der Waals surface area contributed by atoms with Gasteiger partial charge in [0.05, 0.1) is 6.10 Å². The van der Waals surface area contributed by atoms with Crippen molar-refractivity contribution in [2.45, 2.75) is 57.8 Å². The standard InChI is InChI=1S/C11H20BrNO2/c1-8(4-3-7-12)13-11(14)10-6-5-9(2)15-10/h8-10H,3-7H2,1-2H3,(H,13,14). The van der Waals surface area contributed by atoms with Gasteiger partial charge >= 0.3 is 0 Å². The summed E-state index contributed by atoms with van der Waals surface area (Å²) in [6, 6.07) is 0.245. The van der Waals surface area contributed by atoms with Crippen molar-refractivity contribution in [1.29, 1.82) is 0 Å². The van der Waals surface area contributed by atoms with Crippen molar-refractivity contribution in [1.82, 2.24) is 5.32 Å². The number of ether oxygens (including phenoxy) is 1. The van der Waals surface area contributed by atoms with Crippen LogP contribution in [-0.4, -0.2) is 29.5 Å². The molecule has 3 atom stereocenters. The summed E-state index contributed by atoms with van der Waals surface area (Å²) >= 11 is 3.38. The van der Waals surface area contributed by atoms with Crippen molar-refractivity contribution in [2.24, 2.45) is 0 Å². The smallest absolute Gasteiger partial charge is 0.249 e. The average molecular weight is 278 g/mol. The average Bonchev–Trinajstić information content (AvgIpc) is 2.61. The molecule has 1 heterocycles. The summed E-state index contributed by atoms with van der Waals surface area (Å²) in [5.41, 5.74) is 0. The number of amides is 1. The van der Waals surface area contributed by atoms with Gasteiger partial charge in [-0.25, -0.2) is 0 Å². The van der Waals surface area contributed by atoms with E-state index in [2.05, 4.69) is 21.2 Å². The number of halogens is 1. The number of hydrogen-bond acceptors (Lipinski definition) is 2. The van der Waals surface area contributed by atoms with Crippen LogP contribution in [-0.2, 0) is 9.53 Å². The minimum atomic E-state index is -0.216. The molecule has 0 aromatic heterocycles. The van der Waals surface area contributed by atoms with Crippen LogP contribution < -0.4 is 5.32 Å².